The van der Waals surface area contributed by atoms with Gasteiger partial charge in [-0.2, -0.15) is 0 Å². The SMILES string of the molecule is O=C(O)[C@H]1CC[C@@H](C(=O)Nc2c(Cl)cc(Cl)cc2Cl)C1. The summed E-state index contributed by atoms with van der Waals surface area (Å²) in [6, 6.07) is 2.97. The average Bonchev–Trinajstić information content (AvgIpc) is 2.83. The van der Waals surface area contributed by atoms with E-state index < -0.39 is 11.9 Å². The molecule has 7 heteroatoms. The van der Waals surface area contributed by atoms with Gasteiger partial charge in [0.15, 0.2) is 0 Å². The van der Waals surface area contributed by atoms with Crippen LogP contribution in [0.5, 0.6) is 0 Å². The highest BCUT2D eigenvalue weighted by molar-refractivity contribution is 6.42. The predicted molar refractivity (Wildman–Crippen MR) is 78.6 cm³/mol. The predicted octanol–water partition coefficient (Wildman–Crippen LogP) is 4.09. The summed E-state index contributed by atoms with van der Waals surface area (Å²) in [5, 5.41) is 12.5. The molecule has 0 bridgehead atoms. The van der Waals surface area contributed by atoms with Crippen LogP contribution in [0.1, 0.15) is 19.3 Å². The van der Waals surface area contributed by atoms with Gasteiger partial charge >= 0.3 is 5.97 Å². The van der Waals surface area contributed by atoms with Crippen molar-refractivity contribution in [3.8, 4) is 0 Å². The third-order valence-electron chi connectivity index (χ3n) is 3.41. The number of halogens is 3. The molecule has 1 fully saturated rings. The fraction of sp³-hybridized carbons (Fsp3) is 0.385. The average molecular weight is 337 g/mol. The van der Waals surface area contributed by atoms with E-state index in [1.807, 2.05) is 0 Å². The fourth-order valence-corrected chi connectivity index (χ4v) is 3.24. The van der Waals surface area contributed by atoms with Gasteiger partial charge in [0.2, 0.25) is 5.91 Å². The zero-order valence-corrected chi connectivity index (χ0v) is 12.6. The molecule has 20 heavy (non-hydrogen) atoms. The quantitative estimate of drug-likeness (QED) is 0.874. The largest absolute Gasteiger partial charge is 0.481 e. The molecule has 2 N–H and O–H groups in total. The van der Waals surface area contributed by atoms with Crippen molar-refractivity contribution in [1.82, 2.24) is 0 Å². The lowest BCUT2D eigenvalue weighted by atomic mass is 10.0. The van der Waals surface area contributed by atoms with Crippen LogP contribution in [0.3, 0.4) is 0 Å². The minimum atomic E-state index is -0.858. The van der Waals surface area contributed by atoms with E-state index in [2.05, 4.69) is 5.32 Å². The molecule has 108 valence electrons. The topological polar surface area (TPSA) is 66.4 Å². The van der Waals surface area contributed by atoms with Crippen molar-refractivity contribution in [2.45, 2.75) is 19.3 Å². The van der Waals surface area contributed by atoms with E-state index in [9.17, 15) is 9.59 Å². The Bertz CT molecular complexity index is 539. The van der Waals surface area contributed by atoms with Crippen LogP contribution in [0.2, 0.25) is 15.1 Å². The van der Waals surface area contributed by atoms with Crippen molar-refractivity contribution in [3.05, 3.63) is 27.2 Å². The Morgan fingerprint density at radius 2 is 1.65 bits per heavy atom. The van der Waals surface area contributed by atoms with E-state index in [0.717, 1.165) is 0 Å². The molecule has 1 amide bonds. The highest BCUT2D eigenvalue weighted by atomic mass is 35.5. The number of nitrogens with one attached hydrogen (secondary N) is 1. The summed E-state index contributed by atoms with van der Waals surface area (Å²) in [6.45, 7) is 0. The van der Waals surface area contributed by atoms with Gasteiger partial charge in [-0.25, -0.2) is 0 Å². The third-order valence-corrected chi connectivity index (χ3v) is 4.22. The molecule has 1 aromatic carbocycles. The van der Waals surface area contributed by atoms with Crippen molar-refractivity contribution in [1.29, 1.82) is 0 Å². The van der Waals surface area contributed by atoms with Crippen molar-refractivity contribution in [3.63, 3.8) is 0 Å². The summed E-state index contributed by atoms with van der Waals surface area (Å²) in [4.78, 5) is 23.0. The van der Waals surface area contributed by atoms with Gasteiger partial charge in [0.1, 0.15) is 0 Å². The first-order chi connectivity index (χ1) is 9.38. The third kappa shape index (κ3) is 3.37. The molecule has 0 aromatic heterocycles. The van der Waals surface area contributed by atoms with Gasteiger partial charge < -0.3 is 10.4 Å². The number of aliphatic carboxylic acids is 1. The van der Waals surface area contributed by atoms with Crippen LogP contribution >= 0.6 is 34.8 Å². The van der Waals surface area contributed by atoms with Crippen molar-refractivity contribution >= 4 is 52.4 Å². The molecule has 0 radical (unpaired) electrons. The minimum Gasteiger partial charge on any atom is -0.481 e. The van der Waals surface area contributed by atoms with Crippen LogP contribution in [-0.2, 0) is 9.59 Å². The maximum Gasteiger partial charge on any atom is 0.306 e. The second-order valence-electron chi connectivity index (χ2n) is 4.78. The van der Waals surface area contributed by atoms with E-state index in [1.54, 1.807) is 0 Å². The Balaban J connectivity index is 2.08. The number of amides is 1. The number of hydrogen-bond donors (Lipinski definition) is 2. The molecule has 0 aliphatic heterocycles. The lowest BCUT2D eigenvalue weighted by molar-refractivity contribution is -0.141. The number of benzene rings is 1. The molecular weight excluding hydrogens is 325 g/mol. The molecule has 1 saturated carbocycles. The zero-order chi connectivity index (χ0) is 14.9. The first-order valence-electron chi connectivity index (χ1n) is 6.06. The van der Waals surface area contributed by atoms with E-state index >= 15 is 0 Å². The normalized spacial score (nSPS) is 21.8. The van der Waals surface area contributed by atoms with E-state index in [0.29, 0.717) is 30.0 Å². The van der Waals surface area contributed by atoms with Gasteiger partial charge in [-0.05, 0) is 31.4 Å². The van der Waals surface area contributed by atoms with Gasteiger partial charge in [-0.1, -0.05) is 34.8 Å². The van der Waals surface area contributed by atoms with Gasteiger partial charge in [-0.3, -0.25) is 9.59 Å². The molecule has 1 aromatic rings. The fourth-order valence-electron chi connectivity index (χ4n) is 2.33. The van der Waals surface area contributed by atoms with E-state index in [-0.39, 0.29) is 21.9 Å². The summed E-state index contributed by atoms with van der Waals surface area (Å²) in [6.07, 6.45) is 1.39. The Hall–Kier alpha value is -0.970. The molecule has 0 saturated heterocycles. The van der Waals surface area contributed by atoms with Crippen LogP contribution in [0, 0.1) is 11.8 Å². The Morgan fingerprint density at radius 1 is 1.10 bits per heavy atom. The van der Waals surface area contributed by atoms with E-state index in [4.69, 9.17) is 39.9 Å². The standard InChI is InChI=1S/C13H12Cl3NO3/c14-8-4-9(15)11(10(16)5-8)17-12(18)6-1-2-7(3-6)13(19)20/h4-7H,1-3H2,(H,17,18)(H,19,20)/t6-,7+/m1/s1. The monoisotopic (exact) mass is 335 g/mol. The van der Waals surface area contributed by atoms with Crippen LogP contribution in [0.4, 0.5) is 5.69 Å². The van der Waals surface area contributed by atoms with E-state index in [1.165, 1.54) is 12.1 Å². The second kappa shape index (κ2) is 6.20. The molecule has 2 atom stereocenters. The Kier molecular flexibility index (Phi) is 4.78. The summed E-state index contributed by atoms with van der Waals surface area (Å²) in [7, 11) is 0. The first kappa shape index (κ1) is 15.4. The molecule has 0 unspecified atom stereocenters. The molecule has 2 rings (SSSR count). The van der Waals surface area contributed by atoms with Crippen molar-refractivity contribution < 1.29 is 14.7 Å². The highest BCUT2D eigenvalue weighted by Gasteiger charge is 2.34. The summed E-state index contributed by atoms with van der Waals surface area (Å²) >= 11 is 17.8. The van der Waals surface area contributed by atoms with Gasteiger partial charge in [0.05, 0.1) is 21.7 Å². The maximum atomic E-state index is 12.1. The molecule has 4 nitrogen and oxygen atoms in total. The Morgan fingerprint density at radius 3 is 2.15 bits per heavy atom. The number of hydrogen-bond acceptors (Lipinski definition) is 2. The minimum absolute atomic E-state index is 0.253. The summed E-state index contributed by atoms with van der Waals surface area (Å²) < 4.78 is 0. The smallest absolute Gasteiger partial charge is 0.306 e. The number of anilines is 1. The van der Waals surface area contributed by atoms with Crippen LogP contribution in [0.15, 0.2) is 12.1 Å². The summed E-state index contributed by atoms with van der Waals surface area (Å²) in [5.74, 6) is -1.91. The molecule has 1 aliphatic carbocycles. The lowest BCUT2D eigenvalue weighted by Gasteiger charge is -2.13. The van der Waals surface area contributed by atoms with Crippen molar-refractivity contribution in [2.75, 3.05) is 5.32 Å². The Labute approximate surface area is 131 Å². The first-order valence-corrected chi connectivity index (χ1v) is 7.20. The van der Waals surface area contributed by atoms with Crippen LogP contribution < -0.4 is 5.32 Å². The lowest BCUT2D eigenvalue weighted by Crippen LogP contribution is -2.22. The number of rotatable bonds is 3. The van der Waals surface area contributed by atoms with Crippen molar-refractivity contribution in [2.24, 2.45) is 11.8 Å². The number of carboxylic acids is 1. The molecule has 0 heterocycles. The summed E-state index contributed by atoms with van der Waals surface area (Å²) in [5.41, 5.74) is 0.307. The number of carbonyl (C=O) groups is 2. The molecule has 1 aliphatic rings. The maximum absolute atomic E-state index is 12.1. The molecule has 0 spiro atoms. The zero-order valence-electron chi connectivity index (χ0n) is 10.3. The number of carboxylic acid groups (broad SMARTS) is 1. The second-order valence-corrected chi connectivity index (χ2v) is 6.03. The van der Waals surface area contributed by atoms with Gasteiger partial charge in [0.25, 0.3) is 0 Å². The van der Waals surface area contributed by atoms with Gasteiger partial charge in [-0.15, -0.1) is 0 Å². The highest BCUT2D eigenvalue weighted by Crippen LogP contribution is 2.36. The number of carbonyl (C=O) groups excluding carboxylic acids is 1. The van der Waals surface area contributed by atoms with Crippen LogP contribution in [-0.4, -0.2) is 17.0 Å². The van der Waals surface area contributed by atoms with Gasteiger partial charge in [0, 0.05) is 10.9 Å². The van der Waals surface area contributed by atoms with Crippen LogP contribution in [0.25, 0.3) is 0 Å². The molecular formula is C13H12Cl3NO3.